The number of carbonyl (C=O) groups excluding carboxylic acids is 1. The highest BCUT2D eigenvalue weighted by Gasteiger charge is 2.24. The number of nitrogens with one attached hydrogen (secondary N) is 1. The smallest absolute Gasteiger partial charge is 0.158 e. The first kappa shape index (κ1) is 13.1. The fraction of sp³-hybridized carbons (Fsp3) is 0.500. The first-order valence-electron chi connectivity index (χ1n) is 7.07. The quantitative estimate of drug-likeness (QED) is 0.782. The van der Waals surface area contributed by atoms with Gasteiger partial charge < -0.3 is 14.8 Å². The first-order valence-corrected chi connectivity index (χ1v) is 7.07. The van der Waals surface area contributed by atoms with Crippen LogP contribution in [-0.4, -0.2) is 40.4 Å². The maximum Gasteiger partial charge on any atom is 0.158 e. The molecule has 0 unspecified atom stereocenters. The molecule has 1 aliphatic heterocycles. The van der Waals surface area contributed by atoms with Crippen molar-refractivity contribution in [1.29, 1.82) is 0 Å². The summed E-state index contributed by atoms with van der Waals surface area (Å²) in [7, 11) is 0. The van der Waals surface area contributed by atoms with Crippen LogP contribution in [0.4, 0.5) is 0 Å². The molecular formula is C14H18N4O2. The summed E-state index contributed by atoms with van der Waals surface area (Å²) in [6.07, 6.45) is 5.21. The average Bonchev–Trinajstić information content (AvgIpc) is 2.90. The molecule has 2 aromatic heterocycles. The van der Waals surface area contributed by atoms with Gasteiger partial charge in [0.15, 0.2) is 5.65 Å². The van der Waals surface area contributed by atoms with E-state index in [0.29, 0.717) is 6.04 Å². The number of rotatable bonds is 3. The van der Waals surface area contributed by atoms with Gasteiger partial charge in [-0.05, 0) is 13.0 Å². The number of carboxylic acids is 1. The van der Waals surface area contributed by atoms with Crippen molar-refractivity contribution < 1.29 is 14.8 Å². The van der Waals surface area contributed by atoms with Crippen LogP contribution in [0.15, 0.2) is 18.5 Å². The van der Waals surface area contributed by atoms with Gasteiger partial charge >= 0.3 is 0 Å². The van der Waals surface area contributed by atoms with E-state index < -0.39 is 5.97 Å². The monoisotopic (exact) mass is 274 g/mol. The second-order valence-corrected chi connectivity index (χ2v) is 5.35. The normalized spacial score (nSPS) is 23.1. The highest BCUT2D eigenvalue weighted by Crippen LogP contribution is 2.22. The van der Waals surface area contributed by atoms with E-state index in [1.165, 1.54) is 12.7 Å². The van der Waals surface area contributed by atoms with Crippen molar-refractivity contribution in [3.8, 4) is 0 Å². The zero-order chi connectivity index (χ0) is 14.1. The number of hydrogen-bond acceptors (Lipinski definition) is 4. The van der Waals surface area contributed by atoms with Gasteiger partial charge in [-0.25, -0.2) is 9.67 Å². The number of aromatic carboxylic acids is 1. The molecule has 0 saturated carbocycles. The summed E-state index contributed by atoms with van der Waals surface area (Å²) < 4.78 is 1.95. The zero-order valence-electron chi connectivity index (χ0n) is 11.5. The van der Waals surface area contributed by atoms with E-state index >= 15 is 0 Å². The molecule has 2 aromatic rings. The molecule has 1 fully saturated rings. The third-order valence-electron chi connectivity index (χ3n) is 4.18. The van der Waals surface area contributed by atoms with Gasteiger partial charge in [0.05, 0.1) is 37.8 Å². The lowest BCUT2D eigenvalue weighted by Crippen LogP contribution is -3.12. The van der Waals surface area contributed by atoms with Gasteiger partial charge in [0, 0.05) is 30.0 Å². The van der Waals surface area contributed by atoms with E-state index in [0.717, 1.165) is 37.0 Å². The van der Waals surface area contributed by atoms with Gasteiger partial charge in [0.1, 0.15) is 0 Å². The fourth-order valence-corrected chi connectivity index (χ4v) is 2.93. The van der Waals surface area contributed by atoms with Gasteiger partial charge in [0.25, 0.3) is 0 Å². The maximum atomic E-state index is 10.8. The minimum atomic E-state index is -1.20. The number of carboxylic acid groups (broad SMARTS) is 1. The predicted octanol–water partition coefficient (Wildman–Crippen LogP) is -0.965. The number of hydrogen-bond donors (Lipinski definition) is 1. The summed E-state index contributed by atoms with van der Waals surface area (Å²) >= 11 is 0. The number of pyridine rings is 1. The number of quaternary nitrogens is 1. The fourth-order valence-electron chi connectivity index (χ4n) is 2.93. The van der Waals surface area contributed by atoms with Gasteiger partial charge in [-0.1, -0.05) is 0 Å². The molecule has 106 valence electrons. The summed E-state index contributed by atoms with van der Waals surface area (Å²) in [6.45, 7) is 5.68. The molecule has 3 rings (SSSR count). The van der Waals surface area contributed by atoms with E-state index in [4.69, 9.17) is 0 Å². The van der Waals surface area contributed by atoms with E-state index in [1.807, 2.05) is 4.68 Å². The molecule has 0 spiro atoms. The maximum absolute atomic E-state index is 10.8. The zero-order valence-corrected chi connectivity index (χ0v) is 11.5. The van der Waals surface area contributed by atoms with E-state index in [1.54, 1.807) is 17.2 Å². The Balaban J connectivity index is 1.88. The van der Waals surface area contributed by atoms with Crippen molar-refractivity contribution in [3.05, 3.63) is 24.0 Å². The molecule has 0 aliphatic carbocycles. The van der Waals surface area contributed by atoms with Crippen LogP contribution < -0.4 is 10.0 Å². The van der Waals surface area contributed by atoms with Crippen LogP contribution >= 0.6 is 0 Å². The largest absolute Gasteiger partial charge is 0.545 e. The second kappa shape index (κ2) is 5.20. The van der Waals surface area contributed by atoms with Crippen LogP contribution in [0.1, 0.15) is 36.2 Å². The molecule has 1 aliphatic rings. The Labute approximate surface area is 117 Å². The van der Waals surface area contributed by atoms with Crippen molar-refractivity contribution in [2.75, 3.05) is 19.6 Å². The molecule has 0 atom stereocenters. The van der Waals surface area contributed by atoms with E-state index in [-0.39, 0.29) is 5.56 Å². The van der Waals surface area contributed by atoms with Crippen molar-refractivity contribution in [2.24, 2.45) is 0 Å². The molecule has 0 amide bonds. The summed E-state index contributed by atoms with van der Waals surface area (Å²) in [4.78, 5) is 16.7. The SMILES string of the molecule is CC[NH+]1CCC(n2ncc3cc(C(=O)[O-])cnc32)CC1. The highest BCUT2D eigenvalue weighted by molar-refractivity contribution is 5.90. The number of nitrogens with zero attached hydrogens (tertiary/aromatic N) is 3. The summed E-state index contributed by atoms with van der Waals surface area (Å²) in [5.41, 5.74) is 0.863. The molecule has 0 bridgehead atoms. The lowest BCUT2D eigenvalue weighted by molar-refractivity contribution is -0.904. The third-order valence-corrected chi connectivity index (χ3v) is 4.18. The van der Waals surface area contributed by atoms with Crippen molar-refractivity contribution >= 4 is 17.0 Å². The second-order valence-electron chi connectivity index (χ2n) is 5.35. The van der Waals surface area contributed by atoms with Gasteiger partial charge in [-0.3, -0.25) is 0 Å². The lowest BCUT2D eigenvalue weighted by Gasteiger charge is -2.28. The molecular weight excluding hydrogens is 256 g/mol. The Morgan fingerprint density at radius 3 is 2.85 bits per heavy atom. The minimum absolute atomic E-state index is 0.0993. The number of piperidine rings is 1. The molecule has 1 N–H and O–H groups in total. The van der Waals surface area contributed by atoms with E-state index in [2.05, 4.69) is 17.0 Å². The molecule has 6 heteroatoms. The lowest BCUT2D eigenvalue weighted by atomic mass is 10.1. The highest BCUT2D eigenvalue weighted by atomic mass is 16.4. The summed E-state index contributed by atoms with van der Waals surface area (Å²) in [5.74, 6) is -1.20. The van der Waals surface area contributed by atoms with Crippen molar-refractivity contribution in [2.45, 2.75) is 25.8 Å². The summed E-state index contributed by atoms with van der Waals surface area (Å²) in [6, 6.07) is 1.94. The topological polar surface area (TPSA) is 75.3 Å². The van der Waals surface area contributed by atoms with Gasteiger partial charge in [-0.15, -0.1) is 0 Å². The molecule has 20 heavy (non-hydrogen) atoms. The number of fused-ring (bicyclic) bond motifs is 1. The molecule has 3 heterocycles. The number of likely N-dealkylation sites (tertiary alicyclic amines) is 1. The Bertz CT molecular complexity index is 629. The Morgan fingerprint density at radius 2 is 2.20 bits per heavy atom. The molecule has 1 saturated heterocycles. The van der Waals surface area contributed by atoms with Gasteiger partial charge in [0.2, 0.25) is 0 Å². The van der Waals surface area contributed by atoms with Crippen LogP contribution in [0.2, 0.25) is 0 Å². The van der Waals surface area contributed by atoms with Crippen LogP contribution in [0.25, 0.3) is 11.0 Å². The predicted molar refractivity (Wildman–Crippen MR) is 71.4 cm³/mol. The summed E-state index contributed by atoms with van der Waals surface area (Å²) in [5, 5.41) is 16.0. The van der Waals surface area contributed by atoms with Crippen molar-refractivity contribution in [1.82, 2.24) is 14.8 Å². The van der Waals surface area contributed by atoms with Crippen LogP contribution in [0, 0.1) is 0 Å². The standard InChI is InChI=1S/C14H18N4O2/c1-2-17-5-3-12(4-6-17)18-13-10(9-16-18)7-11(8-15-13)14(19)20/h7-9,12H,2-6H2,1H3,(H,19,20). The van der Waals surface area contributed by atoms with Crippen LogP contribution in [-0.2, 0) is 0 Å². The van der Waals surface area contributed by atoms with Crippen LogP contribution in [0.3, 0.4) is 0 Å². The molecule has 6 nitrogen and oxygen atoms in total. The minimum Gasteiger partial charge on any atom is -0.545 e. The Hall–Kier alpha value is -1.95. The third kappa shape index (κ3) is 2.27. The molecule has 0 aromatic carbocycles. The van der Waals surface area contributed by atoms with Gasteiger partial charge in [-0.2, -0.15) is 5.10 Å². The first-order chi connectivity index (χ1) is 9.69. The van der Waals surface area contributed by atoms with Crippen LogP contribution in [0.5, 0.6) is 0 Å². The Kier molecular flexibility index (Phi) is 3.40. The van der Waals surface area contributed by atoms with E-state index in [9.17, 15) is 9.90 Å². The number of aromatic nitrogens is 3. The molecule has 0 radical (unpaired) electrons. The average molecular weight is 274 g/mol. The Morgan fingerprint density at radius 1 is 1.45 bits per heavy atom. The van der Waals surface area contributed by atoms with Crippen molar-refractivity contribution in [3.63, 3.8) is 0 Å². The number of carbonyl (C=O) groups is 1.